The van der Waals surface area contributed by atoms with Gasteiger partial charge in [-0.15, -0.1) is 0 Å². The quantitative estimate of drug-likeness (QED) is 0.869. The maximum absolute atomic E-state index is 12.2. The second-order valence-electron chi connectivity index (χ2n) is 5.66. The van der Waals surface area contributed by atoms with E-state index in [0.717, 1.165) is 19.3 Å². The van der Waals surface area contributed by atoms with E-state index in [1.54, 1.807) is 0 Å². The molecule has 0 unspecified atom stereocenters. The molecule has 104 valence electrons. The summed E-state index contributed by atoms with van der Waals surface area (Å²) in [4.78, 5) is 12.2. The summed E-state index contributed by atoms with van der Waals surface area (Å²) in [5.74, 6) is 0.484. The van der Waals surface area contributed by atoms with E-state index in [2.05, 4.69) is 43.4 Å². The van der Waals surface area contributed by atoms with Gasteiger partial charge in [-0.25, -0.2) is 0 Å². The minimum Gasteiger partial charge on any atom is -0.349 e. The van der Waals surface area contributed by atoms with Gasteiger partial charge in [0.25, 0.3) is 0 Å². The van der Waals surface area contributed by atoms with Gasteiger partial charge in [0.1, 0.15) is 0 Å². The molecule has 1 amide bonds. The van der Waals surface area contributed by atoms with Crippen LogP contribution in [0.15, 0.2) is 24.3 Å². The lowest BCUT2D eigenvalue weighted by atomic mass is 9.88. The van der Waals surface area contributed by atoms with Crippen molar-refractivity contribution in [3.63, 3.8) is 0 Å². The summed E-state index contributed by atoms with van der Waals surface area (Å²) in [6, 6.07) is 8.67. The Bertz CT molecular complexity index is 404. The minimum atomic E-state index is 0.111. The zero-order valence-electron chi connectivity index (χ0n) is 12.1. The van der Waals surface area contributed by atoms with Crippen LogP contribution in [0.1, 0.15) is 63.1 Å². The number of hydrogen-bond donors (Lipinski definition) is 1. The van der Waals surface area contributed by atoms with Crippen LogP contribution in [0, 0.1) is 5.92 Å². The molecule has 1 aromatic rings. The van der Waals surface area contributed by atoms with Gasteiger partial charge < -0.3 is 5.32 Å². The van der Waals surface area contributed by atoms with E-state index in [9.17, 15) is 4.79 Å². The fourth-order valence-electron chi connectivity index (χ4n) is 2.82. The summed E-state index contributed by atoms with van der Waals surface area (Å²) < 4.78 is 0. The Labute approximate surface area is 116 Å². The van der Waals surface area contributed by atoms with Crippen LogP contribution in [0.2, 0.25) is 0 Å². The third-order valence-corrected chi connectivity index (χ3v) is 4.22. The van der Waals surface area contributed by atoms with Crippen LogP contribution >= 0.6 is 0 Å². The SMILES string of the molecule is CCc1ccc([C@@H](C)NC(=O)C2CCCCC2)cc1. The largest absolute Gasteiger partial charge is 0.349 e. The fourth-order valence-corrected chi connectivity index (χ4v) is 2.82. The first-order valence-electron chi connectivity index (χ1n) is 7.60. The van der Waals surface area contributed by atoms with E-state index >= 15 is 0 Å². The van der Waals surface area contributed by atoms with Gasteiger partial charge in [-0.2, -0.15) is 0 Å². The normalized spacial score (nSPS) is 18.0. The van der Waals surface area contributed by atoms with Crippen LogP contribution in [0.5, 0.6) is 0 Å². The number of rotatable bonds is 4. The topological polar surface area (TPSA) is 29.1 Å². The molecule has 0 heterocycles. The predicted molar refractivity (Wildman–Crippen MR) is 79.0 cm³/mol. The second-order valence-corrected chi connectivity index (χ2v) is 5.66. The van der Waals surface area contributed by atoms with Crippen LogP contribution in [-0.2, 0) is 11.2 Å². The first-order chi connectivity index (χ1) is 9.20. The number of benzene rings is 1. The van der Waals surface area contributed by atoms with Crippen LogP contribution in [0.4, 0.5) is 0 Å². The smallest absolute Gasteiger partial charge is 0.223 e. The molecule has 1 aliphatic carbocycles. The molecular formula is C17H25NO. The lowest BCUT2D eigenvalue weighted by Crippen LogP contribution is -2.33. The molecule has 2 heteroatoms. The van der Waals surface area contributed by atoms with E-state index in [1.165, 1.54) is 30.4 Å². The van der Waals surface area contributed by atoms with Crippen molar-refractivity contribution in [1.29, 1.82) is 0 Å². The van der Waals surface area contributed by atoms with Crippen molar-refractivity contribution in [2.24, 2.45) is 5.92 Å². The second kappa shape index (κ2) is 6.74. The Hall–Kier alpha value is -1.31. The molecule has 0 aliphatic heterocycles. The lowest BCUT2D eigenvalue weighted by molar-refractivity contribution is -0.126. The van der Waals surface area contributed by atoms with Crippen LogP contribution < -0.4 is 5.32 Å². The number of amides is 1. The van der Waals surface area contributed by atoms with Crippen molar-refractivity contribution in [2.45, 2.75) is 58.4 Å². The maximum atomic E-state index is 12.2. The zero-order chi connectivity index (χ0) is 13.7. The molecular weight excluding hydrogens is 234 g/mol. The molecule has 1 N–H and O–H groups in total. The Balaban J connectivity index is 1.91. The van der Waals surface area contributed by atoms with Crippen molar-refractivity contribution in [2.75, 3.05) is 0 Å². The zero-order valence-corrected chi connectivity index (χ0v) is 12.1. The standard InChI is InChI=1S/C17H25NO/c1-3-14-9-11-15(12-10-14)13(2)18-17(19)16-7-5-4-6-8-16/h9-13,16H,3-8H2,1-2H3,(H,18,19)/t13-/m1/s1. The summed E-state index contributed by atoms with van der Waals surface area (Å²) in [5.41, 5.74) is 2.54. The van der Waals surface area contributed by atoms with Gasteiger partial charge in [-0.05, 0) is 37.3 Å². The summed E-state index contributed by atoms with van der Waals surface area (Å²) >= 11 is 0. The van der Waals surface area contributed by atoms with Gasteiger partial charge in [0.15, 0.2) is 0 Å². The number of nitrogens with one attached hydrogen (secondary N) is 1. The Kier molecular flexibility index (Phi) is 5.00. The van der Waals surface area contributed by atoms with Crippen molar-refractivity contribution in [3.8, 4) is 0 Å². The third kappa shape index (κ3) is 3.82. The van der Waals surface area contributed by atoms with Gasteiger partial charge in [0.2, 0.25) is 5.91 Å². The van der Waals surface area contributed by atoms with Crippen LogP contribution in [-0.4, -0.2) is 5.91 Å². The van der Waals surface area contributed by atoms with E-state index in [-0.39, 0.29) is 17.9 Å². The monoisotopic (exact) mass is 259 g/mol. The molecule has 1 fully saturated rings. The van der Waals surface area contributed by atoms with Gasteiger partial charge >= 0.3 is 0 Å². The Morgan fingerprint density at radius 3 is 2.42 bits per heavy atom. The summed E-state index contributed by atoms with van der Waals surface area (Å²) in [6.07, 6.45) is 6.89. The summed E-state index contributed by atoms with van der Waals surface area (Å²) in [5, 5.41) is 3.16. The van der Waals surface area contributed by atoms with E-state index in [1.807, 2.05) is 0 Å². The highest BCUT2D eigenvalue weighted by Gasteiger charge is 2.22. The van der Waals surface area contributed by atoms with Gasteiger partial charge in [-0.3, -0.25) is 4.79 Å². The molecule has 19 heavy (non-hydrogen) atoms. The van der Waals surface area contributed by atoms with E-state index in [4.69, 9.17) is 0 Å². The van der Waals surface area contributed by atoms with Gasteiger partial charge in [0, 0.05) is 5.92 Å². The highest BCUT2D eigenvalue weighted by atomic mass is 16.1. The van der Waals surface area contributed by atoms with Gasteiger partial charge in [-0.1, -0.05) is 50.5 Å². The molecule has 0 bridgehead atoms. The lowest BCUT2D eigenvalue weighted by Gasteiger charge is -2.23. The minimum absolute atomic E-state index is 0.111. The molecule has 1 atom stereocenters. The molecule has 2 rings (SSSR count). The Morgan fingerprint density at radius 1 is 1.21 bits per heavy atom. The number of hydrogen-bond acceptors (Lipinski definition) is 1. The molecule has 0 saturated heterocycles. The molecule has 2 nitrogen and oxygen atoms in total. The molecule has 0 aromatic heterocycles. The van der Waals surface area contributed by atoms with Crippen LogP contribution in [0.3, 0.4) is 0 Å². The van der Waals surface area contributed by atoms with Crippen molar-refractivity contribution >= 4 is 5.91 Å². The molecule has 1 aliphatic rings. The van der Waals surface area contributed by atoms with Crippen LogP contribution in [0.25, 0.3) is 0 Å². The molecule has 0 spiro atoms. The highest BCUT2D eigenvalue weighted by Crippen LogP contribution is 2.24. The number of carbonyl (C=O) groups is 1. The van der Waals surface area contributed by atoms with Crippen molar-refractivity contribution < 1.29 is 4.79 Å². The molecule has 0 radical (unpaired) electrons. The molecule has 1 aromatic carbocycles. The average Bonchev–Trinajstić information content (AvgIpc) is 2.48. The predicted octanol–water partition coefficient (Wildman–Crippen LogP) is 4.01. The first-order valence-corrected chi connectivity index (χ1v) is 7.60. The van der Waals surface area contributed by atoms with Crippen molar-refractivity contribution in [1.82, 2.24) is 5.32 Å². The fraction of sp³-hybridized carbons (Fsp3) is 0.588. The average molecular weight is 259 g/mol. The van der Waals surface area contributed by atoms with E-state index in [0.29, 0.717) is 0 Å². The number of carbonyl (C=O) groups excluding carboxylic acids is 1. The maximum Gasteiger partial charge on any atom is 0.223 e. The molecule has 1 saturated carbocycles. The van der Waals surface area contributed by atoms with E-state index < -0.39 is 0 Å². The summed E-state index contributed by atoms with van der Waals surface area (Å²) in [6.45, 7) is 4.23. The Morgan fingerprint density at radius 2 is 1.84 bits per heavy atom. The third-order valence-electron chi connectivity index (χ3n) is 4.22. The summed E-state index contributed by atoms with van der Waals surface area (Å²) in [7, 11) is 0. The van der Waals surface area contributed by atoms with Gasteiger partial charge in [0.05, 0.1) is 6.04 Å². The number of aryl methyl sites for hydroxylation is 1. The highest BCUT2D eigenvalue weighted by molar-refractivity contribution is 5.79. The first kappa shape index (κ1) is 14.1. The van der Waals surface area contributed by atoms with Crippen molar-refractivity contribution in [3.05, 3.63) is 35.4 Å².